The lowest BCUT2D eigenvalue weighted by Crippen LogP contribution is -2.50. The molecule has 44 heavy (non-hydrogen) atoms. The third kappa shape index (κ3) is 5.97. The molecule has 2 aromatic carbocycles. The van der Waals surface area contributed by atoms with Crippen molar-refractivity contribution in [3.63, 3.8) is 0 Å². The Balaban J connectivity index is 1.43. The molecule has 236 valence electrons. The normalized spacial score (nSPS) is 32.1. The third-order valence-electron chi connectivity index (χ3n) is 10.3. The summed E-state index contributed by atoms with van der Waals surface area (Å²) in [6.45, 7) is 6.73. The highest BCUT2D eigenvalue weighted by Gasteiger charge is 2.45. The van der Waals surface area contributed by atoms with Crippen LogP contribution >= 0.6 is 11.6 Å². The number of allylic oxidation sites excluding steroid dienone is 1. The van der Waals surface area contributed by atoms with Gasteiger partial charge in [-0.1, -0.05) is 30.7 Å². The van der Waals surface area contributed by atoms with Gasteiger partial charge < -0.3 is 14.4 Å². The molecule has 1 spiro atoms. The van der Waals surface area contributed by atoms with Crippen LogP contribution in [0.4, 0.5) is 5.69 Å². The van der Waals surface area contributed by atoms with Crippen LogP contribution in [0, 0.1) is 17.8 Å². The molecule has 2 aliphatic carbocycles. The maximum atomic E-state index is 13.4. The van der Waals surface area contributed by atoms with Crippen molar-refractivity contribution in [1.82, 2.24) is 4.72 Å². The predicted molar refractivity (Wildman–Crippen MR) is 171 cm³/mol. The fraction of sp³-hybridized carbons (Fsp3) is 0.529. The number of sulfonamides is 1. The molecular formula is C34H41ClN2O6S. The Kier molecular flexibility index (Phi) is 8.48. The minimum atomic E-state index is -3.95. The van der Waals surface area contributed by atoms with Gasteiger partial charge >= 0.3 is 5.97 Å². The number of benzene rings is 2. The van der Waals surface area contributed by atoms with E-state index in [0.717, 1.165) is 42.8 Å². The first kappa shape index (κ1) is 31.0. The lowest BCUT2D eigenvalue weighted by atomic mass is 9.68. The molecule has 6 rings (SSSR count). The van der Waals surface area contributed by atoms with Crippen LogP contribution < -0.4 is 14.4 Å². The minimum Gasteiger partial charge on any atom is -0.490 e. The number of carbonyl (C=O) groups is 2. The standard InChI is InChI=1S/C34H41ClN2O6S/c1-21-6-4-8-31(43-23(3)38)28-12-9-26(28)18-37-19-34(15-5-7-24-16-27(35)11-13-29(24)34)20-42-32-14-10-25(17-30(32)37)33(39)36-44(40,41)22(21)2/h4,8,10-11,13-14,16-17,21-22,26,28,31H,5-7,9,12,15,18-20H2,1-3H3,(H,36,39)/b8-4+/t21-,22+,26-,28+,31-,34-/m0/s1. The van der Waals surface area contributed by atoms with E-state index in [-0.39, 0.29) is 34.7 Å². The highest BCUT2D eigenvalue weighted by Crippen LogP contribution is 2.47. The molecule has 4 aliphatic rings. The van der Waals surface area contributed by atoms with E-state index in [1.165, 1.54) is 18.1 Å². The van der Waals surface area contributed by atoms with Gasteiger partial charge in [0.1, 0.15) is 11.9 Å². The quantitative estimate of drug-likeness (QED) is 0.310. The van der Waals surface area contributed by atoms with E-state index in [0.29, 0.717) is 31.9 Å². The molecule has 1 saturated carbocycles. The molecule has 2 aromatic rings. The second-order valence-corrected chi connectivity index (χ2v) is 15.7. The number of hydrogen-bond acceptors (Lipinski definition) is 7. The second-order valence-electron chi connectivity index (χ2n) is 13.2. The number of fused-ring (bicyclic) bond motifs is 4. The Morgan fingerprint density at radius 2 is 1.98 bits per heavy atom. The Hall–Kier alpha value is -3.04. The number of esters is 1. The van der Waals surface area contributed by atoms with Gasteiger partial charge in [0.25, 0.3) is 5.91 Å². The first-order valence-corrected chi connectivity index (χ1v) is 17.6. The van der Waals surface area contributed by atoms with Crippen molar-refractivity contribution in [1.29, 1.82) is 0 Å². The monoisotopic (exact) mass is 640 g/mol. The van der Waals surface area contributed by atoms with Crippen LogP contribution in [-0.2, 0) is 31.4 Å². The van der Waals surface area contributed by atoms with Crippen molar-refractivity contribution in [3.8, 4) is 5.75 Å². The van der Waals surface area contributed by atoms with E-state index in [1.807, 2.05) is 25.1 Å². The van der Waals surface area contributed by atoms with E-state index >= 15 is 0 Å². The number of nitrogens with one attached hydrogen (secondary N) is 1. The molecular weight excluding hydrogens is 600 g/mol. The molecule has 0 unspecified atom stereocenters. The van der Waals surface area contributed by atoms with Gasteiger partial charge in [-0.3, -0.25) is 9.59 Å². The Morgan fingerprint density at radius 3 is 2.73 bits per heavy atom. The maximum Gasteiger partial charge on any atom is 0.303 e. The SMILES string of the molecule is CC(=O)O[C@H]1/C=C/C[C@H](C)[C@@H](C)S(=O)(=O)NC(=O)c2ccc3c(c2)N(C[C@@H]2CC[C@H]21)C[C@@]1(CCCc2cc(Cl)ccc21)CO3. The Morgan fingerprint density at radius 1 is 1.16 bits per heavy atom. The second kappa shape index (κ2) is 12.0. The van der Waals surface area contributed by atoms with Crippen molar-refractivity contribution < 1.29 is 27.5 Å². The van der Waals surface area contributed by atoms with Gasteiger partial charge in [0, 0.05) is 41.9 Å². The average molecular weight is 641 g/mol. The van der Waals surface area contributed by atoms with Crippen molar-refractivity contribution in [3.05, 3.63) is 70.3 Å². The number of halogens is 1. The number of carbonyl (C=O) groups excluding carboxylic acids is 2. The molecule has 0 radical (unpaired) electrons. The maximum absolute atomic E-state index is 13.4. The zero-order chi connectivity index (χ0) is 31.2. The van der Waals surface area contributed by atoms with Crippen molar-refractivity contribution in [2.45, 2.75) is 76.1 Å². The first-order chi connectivity index (χ1) is 21.0. The molecule has 10 heteroatoms. The summed E-state index contributed by atoms with van der Waals surface area (Å²) in [6.07, 6.45) is 8.77. The van der Waals surface area contributed by atoms with Gasteiger partial charge in [-0.2, -0.15) is 0 Å². The molecule has 0 saturated heterocycles. The molecule has 8 nitrogen and oxygen atoms in total. The molecule has 0 aromatic heterocycles. The molecule has 2 aliphatic heterocycles. The van der Waals surface area contributed by atoms with Crippen LogP contribution in [0.1, 0.15) is 74.4 Å². The number of anilines is 1. The summed E-state index contributed by atoms with van der Waals surface area (Å²) in [4.78, 5) is 27.9. The third-order valence-corrected chi connectivity index (χ3v) is 12.5. The highest BCUT2D eigenvalue weighted by molar-refractivity contribution is 7.90. The van der Waals surface area contributed by atoms with Gasteiger partial charge in [-0.05, 0) is 105 Å². The molecule has 1 amide bonds. The van der Waals surface area contributed by atoms with Crippen LogP contribution in [0.25, 0.3) is 0 Å². The highest BCUT2D eigenvalue weighted by atomic mass is 35.5. The van der Waals surface area contributed by atoms with Crippen LogP contribution in [0.5, 0.6) is 5.75 Å². The average Bonchev–Trinajstić information content (AvgIpc) is 3.10. The van der Waals surface area contributed by atoms with E-state index in [9.17, 15) is 18.0 Å². The summed E-state index contributed by atoms with van der Waals surface area (Å²) in [7, 11) is -3.95. The summed E-state index contributed by atoms with van der Waals surface area (Å²) >= 11 is 6.40. The molecule has 2 heterocycles. The summed E-state index contributed by atoms with van der Waals surface area (Å²) < 4.78 is 41.2. The van der Waals surface area contributed by atoms with Gasteiger partial charge in [-0.15, -0.1) is 0 Å². The zero-order valence-electron chi connectivity index (χ0n) is 25.6. The number of amides is 1. The van der Waals surface area contributed by atoms with Crippen molar-refractivity contribution >= 4 is 39.2 Å². The number of ether oxygens (including phenoxy) is 2. The largest absolute Gasteiger partial charge is 0.490 e. The topological polar surface area (TPSA) is 102 Å². The Bertz CT molecular complexity index is 1590. The fourth-order valence-electron chi connectivity index (χ4n) is 7.46. The molecule has 6 atom stereocenters. The summed E-state index contributed by atoms with van der Waals surface area (Å²) in [6, 6.07) is 11.3. The predicted octanol–water partition coefficient (Wildman–Crippen LogP) is 5.82. The van der Waals surface area contributed by atoms with Crippen molar-refractivity contribution in [2.24, 2.45) is 17.8 Å². The summed E-state index contributed by atoms with van der Waals surface area (Å²) in [5, 5.41) is -0.0899. The van der Waals surface area contributed by atoms with Crippen LogP contribution in [0.3, 0.4) is 0 Å². The lowest BCUT2D eigenvalue weighted by molar-refractivity contribution is -0.149. The van der Waals surface area contributed by atoms with Crippen LogP contribution in [0.2, 0.25) is 5.02 Å². The van der Waals surface area contributed by atoms with Crippen LogP contribution in [-0.4, -0.2) is 51.3 Å². The summed E-state index contributed by atoms with van der Waals surface area (Å²) in [5.41, 5.74) is 3.23. The van der Waals surface area contributed by atoms with E-state index < -0.39 is 27.3 Å². The van der Waals surface area contributed by atoms with Gasteiger partial charge in [0.2, 0.25) is 10.0 Å². The van der Waals surface area contributed by atoms with E-state index in [4.69, 9.17) is 21.1 Å². The van der Waals surface area contributed by atoms with Gasteiger partial charge in [0.05, 0.1) is 17.5 Å². The zero-order valence-corrected chi connectivity index (χ0v) is 27.1. The van der Waals surface area contributed by atoms with E-state index in [2.05, 4.69) is 21.8 Å². The number of rotatable bonds is 1. The first-order valence-electron chi connectivity index (χ1n) is 15.7. The molecule has 1 fully saturated rings. The number of nitrogens with zero attached hydrogens (tertiary/aromatic N) is 1. The van der Waals surface area contributed by atoms with Crippen LogP contribution in [0.15, 0.2) is 48.6 Å². The molecule has 1 N–H and O–H groups in total. The fourth-order valence-corrected chi connectivity index (χ4v) is 8.94. The smallest absolute Gasteiger partial charge is 0.303 e. The van der Waals surface area contributed by atoms with Gasteiger partial charge in [0.15, 0.2) is 0 Å². The van der Waals surface area contributed by atoms with Gasteiger partial charge in [-0.25, -0.2) is 13.1 Å². The molecule has 2 bridgehead atoms. The van der Waals surface area contributed by atoms with Crippen molar-refractivity contribution in [2.75, 3.05) is 24.6 Å². The summed E-state index contributed by atoms with van der Waals surface area (Å²) in [5.74, 6) is -0.198. The number of aryl methyl sites for hydroxylation is 1. The Labute approximate surface area is 265 Å². The lowest BCUT2D eigenvalue weighted by Gasteiger charge is -2.46. The minimum absolute atomic E-state index is 0.131. The van der Waals surface area contributed by atoms with E-state index in [1.54, 1.807) is 25.1 Å². The number of hydrogen-bond donors (Lipinski definition) is 1.